The van der Waals surface area contributed by atoms with Gasteiger partial charge in [-0.2, -0.15) is 0 Å². The Labute approximate surface area is 189 Å². The Morgan fingerprint density at radius 1 is 1.09 bits per heavy atom. The van der Waals surface area contributed by atoms with Gasteiger partial charge in [-0.1, -0.05) is 11.6 Å². The van der Waals surface area contributed by atoms with Crippen LogP contribution in [-0.2, 0) is 4.79 Å². The summed E-state index contributed by atoms with van der Waals surface area (Å²) in [5.74, 6) is -1.29. The smallest absolute Gasteiger partial charge is 0.255 e. The molecule has 1 saturated heterocycles. The summed E-state index contributed by atoms with van der Waals surface area (Å²) in [5, 5.41) is 0.111. The number of primary amides is 1. The van der Waals surface area contributed by atoms with Crippen molar-refractivity contribution in [2.24, 2.45) is 5.73 Å². The van der Waals surface area contributed by atoms with Crippen molar-refractivity contribution < 1.29 is 28.2 Å². The van der Waals surface area contributed by atoms with Crippen LogP contribution in [0.2, 0.25) is 5.02 Å². The minimum absolute atomic E-state index is 0.111. The van der Waals surface area contributed by atoms with Crippen LogP contribution < -0.4 is 20.1 Å². The zero-order valence-electron chi connectivity index (χ0n) is 17.7. The van der Waals surface area contributed by atoms with Crippen LogP contribution in [0.25, 0.3) is 0 Å². The number of rotatable bonds is 7. The van der Waals surface area contributed by atoms with Gasteiger partial charge in [0.25, 0.3) is 11.8 Å². The molecule has 8 nitrogen and oxygen atoms in total. The largest absolute Gasteiger partial charge is 0.493 e. The molecule has 0 aromatic heterocycles. The van der Waals surface area contributed by atoms with Gasteiger partial charge in [-0.25, -0.2) is 4.39 Å². The first-order chi connectivity index (χ1) is 15.2. The predicted molar refractivity (Wildman–Crippen MR) is 117 cm³/mol. The Kier molecular flexibility index (Phi) is 7.19. The molecule has 0 unspecified atom stereocenters. The van der Waals surface area contributed by atoms with Crippen molar-refractivity contribution in [3.63, 3.8) is 0 Å². The zero-order chi connectivity index (χ0) is 23.4. The molecule has 10 heteroatoms. The van der Waals surface area contributed by atoms with E-state index in [1.165, 1.54) is 32.2 Å². The fraction of sp³-hybridized carbons (Fsp3) is 0.318. The molecule has 3 rings (SSSR count). The van der Waals surface area contributed by atoms with Gasteiger partial charge in [0.15, 0.2) is 23.9 Å². The van der Waals surface area contributed by atoms with E-state index in [1.807, 2.05) is 4.90 Å². The van der Waals surface area contributed by atoms with Gasteiger partial charge in [-0.15, -0.1) is 0 Å². The molecule has 32 heavy (non-hydrogen) atoms. The first kappa shape index (κ1) is 23.3. The van der Waals surface area contributed by atoms with Crippen LogP contribution in [0.15, 0.2) is 30.3 Å². The van der Waals surface area contributed by atoms with Crippen LogP contribution in [-0.4, -0.2) is 62.4 Å². The summed E-state index contributed by atoms with van der Waals surface area (Å²) < 4.78 is 25.0. The van der Waals surface area contributed by atoms with E-state index in [9.17, 15) is 18.8 Å². The highest BCUT2D eigenvalue weighted by atomic mass is 35.5. The van der Waals surface area contributed by atoms with E-state index < -0.39 is 11.7 Å². The zero-order valence-corrected chi connectivity index (χ0v) is 18.4. The average molecular weight is 464 g/mol. The van der Waals surface area contributed by atoms with Crippen molar-refractivity contribution in [3.8, 4) is 11.5 Å². The molecule has 0 atom stereocenters. The lowest BCUT2D eigenvalue weighted by Crippen LogP contribution is -2.49. The van der Waals surface area contributed by atoms with Crippen molar-refractivity contribution in [1.29, 1.82) is 0 Å². The second-order valence-electron chi connectivity index (χ2n) is 7.25. The molecular formula is C22H23ClFN3O5. The molecule has 0 bridgehead atoms. The number of methoxy groups -OCH3 is 1. The highest BCUT2D eigenvalue weighted by Gasteiger charge is 2.26. The number of halogens is 2. The minimum atomic E-state index is -0.673. The first-order valence-electron chi connectivity index (χ1n) is 9.84. The maximum Gasteiger partial charge on any atom is 0.255 e. The van der Waals surface area contributed by atoms with Crippen LogP contribution in [0.3, 0.4) is 0 Å². The van der Waals surface area contributed by atoms with Crippen LogP contribution in [0.1, 0.15) is 27.6 Å². The summed E-state index contributed by atoms with van der Waals surface area (Å²) in [6.45, 7) is 2.59. The van der Waals surface area contributed by atoms with E-state index in [0.717, 1.165) is 0 Å². The normalized spacial score (nSPS) is 13.6. The second kappa shape index (κ2) is 9.86. The molecular weight excluding hydrogens is 441 g/mol. The fourth-order valence-electron chi connectivity index (χ4n) is 3.44. The summed E-state index contributed by atoms with van der Waals surface area (Å²) in [7, 11) is 1.39. The van der Waals surface area contributed by atoms with E-state index >= 15 is 0 Å². The molecule has 0 spiro atoms. The molecule has 2 aromatic rings. The Balaban J connectivity index is 1.71. The number of anilines is 1. The molecule has 170 valence electrons. The van der Waals surface area contributed by atoms with E-state index in [2.05, 4.69) is 0 Å². The molecule has 1 aliphatic rings. The average Bonchev–Trinajstić information content (AvgIpc) is 2.77. The minimum Gasteiger partial charge on any atom is -0.493 e. The van der Waals surface area contributed by atoms with E-state index in [-0.39, 0.29) is 34.8 Å². The maximum atomic E-state index is 14.5. The van der Waals surface area contributed by atoms with Gasteiger partial charge in [-0.05, 0) is 37.3 Å². The second-order valence-corrected chi connectivity index (χ2v) is 7.65. The summed E-state index contributed by atoms with van der Waals surface area (Å²) in [6, 6.07) is 7.32. The monoisotopic (exact) mass is 463 g/mol. The van der Waals surface area contributed by atoms with E-state index in [0.29, 0.717) is 43.0 Å². The van der Waals surface area contributed by atoms with Gasteiger partial charge in [0.05, 0.1) is 17.8 Å². The summed E-state index contributed by atoms with van der Waals surface area (Å²) in [6.07, 6.45) is 0. The molecule has 2 amide bonds. The van der Waals surface area contributed by atoms with Crippen molar-refractivity contribution >= 4 is 34.9 Å². The number of carbonyl (C=O) groups excluding carboxylic acids is 3. The van der Waals surface area contributed by atoms with Crippen molar-refractivity contribution in [2.45, 2.75) is 6.92 Å². The van der Waals surface area contributed by atoms with Crippen LogP contribution in [0, 0.1) is 5.82 Å². The van der Waals surface area contributed by atoms with Gasteiger partial charge in [-0.3, -0.25) is 14.4 Å². The Hall–Kier alpha value is -3.33. The number of Topliss-reactive ketones (excluding diaryl/α,β-unsaturated/α-hetero) is 1. The highest BCUT2D eigenvalue weighted by Crippen LogP contribution is 2.37. The van der Waals surface area contributed by atoms with Crippen LogP contribution >= 0.6 is 11.6 Å². The number of ketones is 1. The topological polar surface area (TPSA) is 102 Å². The molecule has 1 fully saturated rings. The number of hydrogen-bond donors (Lipinski definition) is 1. The summed E-state index contributed by atoms with van der Waals surface area (Å²) in [5.41, 5.74) is 6.09. The fourth-order valence-corrected chi connectivity index (χ4v) is 3.71. The summed E-state index contributed by atoms with van der Waals surface area (Å²) in [4.78, 5) is 38.9. The number of carbonyl (C=O) groups is 3. The Morgan fingerprint density at radius 3 is 2.34 bits per heavy atom. The van der Waals surface area contributed by atoms with Gasteiger partial charge in [0, 0.05) is 37.3 Å². The van der Waals surface area contributed by atoms with Crippen LogP contribution in [0.4, 0.5) is 10.1 Å². The maximum absolute atomic E-state index is 14.5. The third-order valence-electron chi connectivity index (χ3n) is 5.10. The van der Waals surface area contributed by atoms with Gasteiger partial charge < -0.3 is 25.0 Å². The standard InChI is InChI=1S/C22H23ClFN3O5/c1-13(28)14-3-4-18(17(24)10-14)26-5-7-27(8-6-26)22(30)15-9-16(23)21(19(11-15)31-2)32-12-20(25)29/h3-4,9-11H,5-8,12H2,1-2H3,(H2,25,29). The first-order valence-corrected chi connectivity index (χ1v) is 10.2. The predicted octanol–water partition coefficient (Wildman–Crippen LogP) is 2.52. The number of hydrogen-bond acceptors (Lipinski definition) is 6. The number of ether oxygens (including phenoxy) is 2. The number of nitrogens with two attached hydrogens (primary N) is 1. The number of benzene rings is 2. The van der Waals surface area contributed by atoms with Crippen LogP contribution in [0.5, 0.6) is 11.5 Å². The SMILES string of the molecule is COc1cc(C(=O)N2CCN(c3ccc(C(C)=O)cc3F)CC2)cc(Cl)c1OCC(N)=O. The third kappa shape index (κ3) is 5.11. The van der Waals surface area contributed by atoms with Crippen molar-refractivity contribution in [2.75, 3.05) is 44.8 Å². The quantitative estimate of drug-likeness (QED) is 0.633. The Morgan fingerprint density at radius 2 is 1.78 bits per heavy atom. The van der Waals surface area contributed by atoms with Crippen molar-refractivity contribution in [1.82, 2.24) is 4.90 Å². The van der Waals surface area contributed by atoms with E-state index in [4.69, 9.17) is 26.8 Å². The van der Waals surface area contributed by atoms with Crippen molar-refractivity contribution in [3.05, 3.63) is 52.3 Å². The molecule has 0 aliphatic carbocycles. The number of nitrogens with zero attached hydrogens (tertiary/aromatic N) is 2. The lowest BCUT2D eigenvalue weighted by atomic mass is 10.1. The van der Waals surface area contributed by atoms with E-state index in [1.54, 1.807) is 17.0 Å². The molecule has 0 saturated carbocycles. The number of amides is 2. The molecule has 1 aliphatic heterocycles. The molecule has 0 radical (unpaired) electrons. The molecule has 2 N–H and O–H groups in total. The Bertz CT molecular complexity index is 1050. The lowest BCUT2D eigenvalue weighted by Gasteiger charge is -2.36. The summed E-state index contributed by atoms with van der Waals surface area (Å²) >= 11 is 6.23. The molecule has 1 heterocycles. The van der Waals surface area contributed by atoms with Gasteiger partial charge in [0.2, 0.25) is 0 Å². The third-order valence-corrected chi connectivity index (χ3v) is 5.38. The van der Waals surface area contributed by atoms with Gasteiger partial charge in [0.1, 0.15) is 5.82 Å². The molecule has 2 aromatic carbocycles. The highest BCUT2D eigenvalue weighted by molar-refractivity contribution is 6.32. The number of piperazine rings is 1. The lowest BCUT2D eigenvalue weighted by molar-refractivity contribution is -0.119. The van der Waals surface area contributed by atoms with Gasteiger partial charge >= 0.3 is 0 Å².